The maximum Gasteiger partial charge on any atom is 0.334 e. The summed E-state index contributed by atoms with van der Waals surface area (Å²) >= 11 is 0. The number of ether oxygens (including phenoxy) is 1. The number of carbonyl (C=O) groups excluding carboxylic acids is 1. The van der Waals surface area contributed by atoms with E-state index in [-0.39, 0.29) is 5.97 Å². The van der Waals surface area contributed by atoms with Gasteiger partial charge in [-0.15, -0.1) is 0 Å². The molecule has 0 aliphatic rings. The summed E-state index contributed by atoms with van der Waals surface area (Å²) in [4.78, 5) is 11.2. The maximum absolute atomic E-state index is 11.2. The lowest BCUT2D eigenvalue weighted by molar-refractivity contribution is -0.139. The Morgan fingerprint density at radius 3 is 2.69 bits per heavy atom. The summed E-state index contributed by atoms with van der Waals surface area (Å²) in [5.74, 6) is -0.363. The van der Waals surface area contributed by atoms with E-state index in [1.54, 1.807) is 0 Å². The van der Waals surface area contributed by atoms with Crippen LogP contribution in [0.1, 0.15) is 33.1 Å². The average molecular weight is 181 g/mol. The van der Waals surface area contributed by atoms with Crippen LogP contribution in [0.4, 0.5) is 0 Å². The molecular weight excluding hydrogens is 166 g/mol. The molecule has 0 fully saturated rings. The van der Waals surface area contributed by atoms with Gasteiger partial charge < -0.3 is 4.74 Å². The topological polar surface area (TPSA) is 50.1 Å². The number of hydrogen-bond acceptors (Lipinski definition) is 3. The number of nitriles is 1. The zero-order chi connectivity index (χ0) is 10.1. The second-order valence-corrected chi connectivity index (χ2v) is 2.64. The highest BCUT2D eigenvalue weighted by atomic mass is 16.5. The summed E-state index contributed by atoms with van der Waals surface area (Å²) in [7, 11) is 0. The molecule has 72 valence electrons. The Bertz CT molecular complexity index is 226. The van der Waals surface area contributed by atoms with Gasteiger partial charge in [0.2, 0.25) is 0 Å². The second kappa shape index (κ2) is 7.35. The molecule has 3 nitrogen and oxygen atoms in total. The zero-order valence-electron chi connectivity index (χ0n) is 8.17. The average Bonchev–Trinajstić information content (AvgIpc) is 2.14. The minimum atomic E-state index is -0.363. The molecule has 0 rings (SSSR count). The van der Waals surface area contributed by atoms with Crippen molar-refractivity contribution in [1.82, 2.24) is 0 Å². The summed E-state index contributed by atoms with van der Waals surface area (Å²) in [6, 6.07) is 1.83. The van der Waals surface area contributed by atoms with Crippen LogP contribution in [0.3, 0.4) is 0 Å². The molecule has 0 saturated heterocycles. The quantitative estimate of drug-likeness (QED) is 0.283. The van der Waals surface area contributed by atoms with Gasteiger partial charge in [0, 0.05) is 11.6 Å². The third-order valence-electron chi connectivity index (χ3n) is 1.61. The summed E-state index contributed by atoms with van der Waals surface area (Å²) in [5, 5.41) is 8.35. The molecule has 0 atom stereocenters. The van der Waals surface area contributed by atoms with Crippen LogP contribution in [0, 0.1) is 11.3 Å². The van der Waals surface area contributed by atoms with E-state index < -0.39 is 0 Å². The Kier molecular flexibility index (Phi) is 6.62. The van der Waals surface area contributed by atoms with E-state index in [1.165, 1.54) is 6.08 Å². The Hall–Kier alpha value is -1.30. The van der Waals surface area contributed by atoms with E-state index in [4.69, 9.17) is 10.00 Å². The van der Waals surface area contributed by atoms with Crippen molar-refractivity contribution in [3.63, 3.8) is 0 Å². The third kappa shape index (κ3) is 5.02. The first kappa shape index (κ1) is 11.7. The van der Waals surface area contributed by atoms with Crippen LogP contribution in [-0.4, -0.2) is 12.6 Å². The van der Waals surface area contributed by atoms with Gasteiger partial charge in [-0.1, -0.05) is 20.3 Å². The molecule has 0 heterocycles. The SMILES string of the molecule is CCCCOC(=O)C(=CC#N)CC. The first-order valence-corrected chi connectivity index (χ1v) is 4.52. The zero-order valence-corrected chi connectivity index (χ0v) is 8.17. The maximum atomic E-state index is 11.2. The molecule has 0 unspecified atom stereocenters. The van der Waals surface area contributed by atoms with Crippen LogP contribution in [0.2, 0.25) is 0 Å². The normalized spacial score (nSPS) is 10.7. The van der Waals surface area contributed by atoms with Gasteiger partial charge in [0.15, 0.2) is 0 Å². The number of esters is 1. The third-order valence-corrected chi connectivity index (χ3v) is 1.61. The van der Waals surface area contributed by atoms with Gasteiger partial charge >= 0.3 is 5.97 Å². The van der Waals surface area contributed by atoms with E-state index in [0.717, 1.165) is 12.8 Å². The highest BCUT2D eigenvalue weighted by molar-refractivity contribution is 5.88. The minimum absolute atomic E-state index is 0.363. The van der Waals surface area contributed by atoms with Crippen molar-refractivity contribution in [3.8, 4) is 6.07 Å². The summed E-state index contributed by atoms with van der Waals surface area (Å²) in [6.45, 7) is 4.29. The predicted molar refractivity (Wildman–Crippen MR) is 49.9 cm³/mol. The van der Waals surface area contributed by atoms with Crippen LogP contribution in [-0.2, 0) is 9.53 Å². The molecule has 0 spiro atoms. The molecule has 0 aromatic carbocycles. The molecule has 0 aliphatic heterocycles. The largest absolute Gasteiger partial charge is 0.462 e. The van der Waals surface area contributed by atoms with Crippen LogP contribution in [0.25, 0.3) is 0 Å². The van der Waals surface area contributed by atoms with E-state index in [0.29, 0.717) is 18.6 Å². The highest BCUT2D eigenvalue weighted by Gasteiger charge is 2.07. The molecule has 0 aromatic rings. The molecule has 0 saturated carbocycles. The summed E-state index contributed by atoms with van der Waals surface area (Å²) in [6.07, 6.45) is 3.65. The van der Waals surface area contributed by atoms with Crippen LogP contribution in [0.15, 0.2) is 11.6 Å². The predicted octanol–water partition coefficient (Wildman–Crippen LogP) is 2.19. The van der Waals surface area contributed by atoms with Crippen molar-refractivity contribution < 1.29 is 9.53 Å². The van der Waals surface area contributed by atoms with Gasteiger partial charge in [-0.2, -0.15) is 5.26 Å². The lowest BCUT2D eigenvalue weighted by Gasteiger charge is -2.03. The fraction of sp³-hybridized carbons (Fsp3) is 0.600. The molecule has 13 heavy (non-hydrogen) atoms. The Labute approximate surface area is 79.0 Å². The Morgan fingerprint density at radius 2 is 2.23 bits per heavy atom. The molecule has 3 heteroatoms. The van der Waals surface area contributed by atoms with Gasteiger partial charge in [0.05, 0.1) is 12.7 Å². The summed E-state index contributed by atoms with van der Waals surface area (Å²) in [5.41, 5.74) is 0.443. The first-order chi connectivity index (χ1) is 6.26. The number of carbonyl (C=O) groups is 1. The van der Waals surface area contributed by atoms with Gasteiger partial charge in [-0.3, -0.25) is 0 Å². The van der Waals surface area contributed by atoms with E-state index in [1.807, 2.05) is 19.9 Å². The van der Waals surface area contributed by atoms with Gasteiger partial charge in [0.25, 0.3) is 0 Å². The van der Waals surface area contributed by atoms with Crippen LogP contribution in [0.5, 0.6) is 0 Å². The highest BCUT2D eigenvalue weighted by Crippen LogP contribution is 2.03. The molecule has 0 aliphatic carbocycles. The number of rotatable bonds is 5. The standard InChI is InChI=1S/C10H15NO2/c1-3-5-8-13-10(12)9(4-2)6-7-11/h6H,3-5,8H2,1-2H3. The molecule has 0 bridgehead atoms. The molecule has 0 amide bonds. The lowest BCUT2D eigenvalue weighted by Crippen LogP contribution is -2.08. The van der Waals surface area contributed by atoms with Gasteiger partial charge in [0.1, 0.15) is 0 Å². The van der Waals surface area contributed by atoms with Crippen molar-refractivity contribution in [1.29, 1.82) is 5.26 Å². The lowest BCUT2D eigenvalue weighted by atomic mass is 10.2. The van der Waals surface area contributed by atoms with E-state index in [9.17, 15) is 4.79 Å². The Morgan fingerprint density at radius 1 is 1.54 bits per heavy atom. The number of allylic oxidation sites excluding steroid dienone is 1. The Balaban J connectivity index is 3.94. The fourth-order valence-electron chi connectivity index (χ4n) is 0.785. The van der Waals surface area contributed by atoms with Crippen molar-refractivity contribution in [3.05, 3.63) is 11.6 Å². The van der Waals surface area contributed by atoms with Crippen LogP contribution < -0.4 is 0 Å². The van der Waals surface area contributed by atoms with Crippen LogP contribution >= 0.6 is 0 Å². The number of unbranched alkanes of at least 4 members (excludes halogenated alkanes) is 1. The number of hydrogen-bond donors (Lipinski definition) is 0. The second-order valence-electron chi connectivity index (χ2n) is 2.64. The van der Waals surface area contributed by atoms with E-state index in [2.05, 4.69) is 0 Å². The molecule has 0 aromatic heterocycles. The van der Waals surface area contributed by atoms with Gasteiger partial charge in [-0.25, -0.2) is 4.79 Å². The minimum Gasteiger partial charge on any atom is -0.462 e. The molecular formula is C10H15NO2. The summed E-state index contributed by atoms with van der Waals surface area (Å²) < 4.78 is 4.93. The van der Waals surface area contributed by atoms with Crippen molar-refractivity contribution in [2.45, 2.75) is 33.1 Å². The molecule has 0 radical (unpaired) electrons. The van der Waals surface area contributed by atoms with Crippen molar-refractivity contribution >= 4 is 5.97 Å². The van der Waals surface area contributed by atoms with Gasteiger partial charge in [-0.05, 0) is 12.8 Å². The monoisotopic (exact) mass is 181 g/mol. The van der Waals surface area contributed by atoms with E-state index >= 15 is 0 Å². The molecule has 0 N–H and O–H groups in total. The van der Waals surface area contributed by atoms with Crippen molar-refractivity contribution in [2.75, 3.05) is 6.61 Å². The first-order valence-electron chi connectivity index (χ1n) is 4.52. The van der Waals surface area contributed by atoms with Crippen molar-refractivity contribution in [2.24, 2.45) is 0 Å². The fourth-order valence-corrected chi connectivity index (χ4v) is 0.785. The number of nitrogens with zero attached hydrogens (tertiary/aromatic N) is 1. The smallest absolute Gasteiger partial charge is 0.334 e.